The number of hydrogen-bond acceptors (Lipinski definition) is 4. The molecule has 0 radical (unpaired) electrons. The summed E-state index contributed by atoms with van der Waals surface area (Å²) in [6.45, 7) is 0. The third-order valence-corrected chi connectivity index (χ3v) is 5.47. The summed E-state index contributed by atoms with van der Waals surface area (Å²) >= 11 is 9.36. The van der Waals surface area contributed by atoms with Gasteiger partial charge in [-0.2, -0.15) is 0 Å². The third-order valence-electron chi connectivity index (χ3n) is 2.24. The number of halogens is 3. The quantitative estimate of drug-likeness (QED) is 0.716. The van der Waals surface area contributed by atoms with Crippen LogP contribution in [0.4, 0.5) is 0 Å². The number of amides is 1. The summed E-state index contributed by atoms with van der Waals surface area (Å²) in [6.07, 6.45) is 1.16. The van der Waals surface area contributed by atoms with E-state index in [4.69, 9.17) is 4.42 Å². The van der Waals surface area contributed by atoms with Gasteiger partial charge in [0.05, 0.1) is 5.56 Å². The maximum Gasteiger partial charge on any atom is 0.268 e. The number of carbonyl (C=O) groups is 1. The van der Waals surface area contributed by atoms with Crippen LogP contribution in [0.15, 0.2) is 53.5 Å². The van der Waals surface area contributed by atoms with Crippen molar-refractivity contribution in [3.8, 4) is 0 Å². The van der Waals surface area contributed by atoms with Gasteiger partial charge in [-0.1, -0.05) is 15.9 Å². The molecule has 20 heavy (non-hydrogen) atoms. The standard InChI is InChI=1S/C11H6Br3NO4S/c12-7-1-2-8(13)9(4-7)20(17,18)15-11(16)6-3-10(14)19-5-6/h1-5H,(H,15,16). The predicted molar refractivity (Wildman–Crippen MR) is 82.9 cm³/mol. The first kappa shape index (κ1) is 15.7. The van der Waals surface area contributed by atoms with Crippen molar-refractivity contribution in [1.29, 1.82) is 0 Å². The van der Waals surface area contributed by atoms with Gasteiger partial charge in [0.15, 0.2) is 4.67 Å². The predicted octanol–water partition coefficient (Wildman–Crippen LogP) is 3.69. The van der Waals surface area contributed by atoms with Gasteiger partial charge in [-0.05, 0) is 50.1 Å². The maximum atomic E-state index is 12.2. The molecule has 5 nitrogen and oxygen atoms in total. The molecule has 0 atom stereocenters. The molecule has 9 heteroatoms. The molecule has 1 aromatic carbocycles. The van der Waals surface area contributed by atoms with Crippen LogP contribution in [-0.4, -0.2) is 14.3 Å². The topological polar surface area (TPSA) is 76.4 Å². The SMILES string of the molecule is O=C(NS(=O)(=O)c1cc(Br)ccc1Br)c1coc(Br)c1. The zero-order chi connectivity index (χ0) is 14.9. The van der Waals surface area contributed by atoms with Crippen LogP contribution in [-0.2, 0) is 10.0 Å². The first-order chi connectivity index (χ1) is 9.29. The van der Waals surface area contributed by atoms with Crippen molar-refractivity contribution in [2.45, 2.75) is 4.90 Å². The Labute approximate surface area is 140 Å². The van der Waals surface area contributed by atoms with Gasteiger partial charge in [-0.25, -0.2) is 13.1 Å². The molecule has 0 fully saturated rings. The Kier molecular flexibility index (Phi) is 4.73. The van der Waals surface area contributed by atoms with Crippen molar-refractivity contribution in [3.05, 3.63) is 49.7 Å². The van der Waals surface area contributed by atoms with E-state index < -0.39 is 15.9 Å². The van der Waals surface area contributed by atoms with Gasteiger partial charge in [0, 0.05) is 15.0 Å². The minimum absolute atomic E-state index is 0.0391. The summed E-state index contributed by atoms with van der Waals surface area (Å²) in [5.41, 5.74) is 0.103. The fraction of sp³-hybridized carbons (Fsp3) is 0. The zero-order valence-electron chi connectivity index (χ0n) is 9.56. The van der Waals surface area contributed by atoms with Gasteiger partial charge in [0.25, 0.3) is 15.9 Å². The van der Waals surface area contributed by atoms with E-state index in [1.807, 2.05) is 4.72 Å². The molecule has 0 aliphatic heterocycles. The number of sulfonamides is 1. The van der Waals surface area contributed by atoms with Crippen LogP contribution >= 0.6 is 47.8 Å². The minimum atomic E-state index is -3.98. The Hall–Kier alpha value is -0.640. The van der Waals surface area contributed by atoms with Crippen molar-refractivity contribution >= 4 is 63.7 Å². The van der Waals surface area contributed by atoms with E-state index in [0.717, 1.165) is 6.26 Å². The zero-order valence-corrected chi connectivity index (χ0v) is 15.1. The molecule has 0 aliphatic carbocycles. The maximum absolute atomic E-state index is 12.2. The Morgan fingerprint density at radius 1 is 1.15 bits per heavy atom. The summed E-state index contributed by atoms with van der Waals surface area (Å²) in [5.74, 6) is -0.772. The molecular formula is C11H6Br3NO4S. The molecule has 2 aromatic rings. The Balaban J connectivity index is 2.32. The van der Waals surface area contributed by atoms with Crippen molar-refractivity contribution in [2.75, 3.05) is 0 Å². The van der Waals surface area contributed by atoms with Gasteiger partial charge in [-0.3, -0.25) is 4.79 Å². The number of rotatable bonds is 3. The third kappa shape index (κ3) is 3.51. The largest absolute Gasteiger partial charge is 0.457 e. The van der Waals surface area contributed by atoms with Gasteiger partial charge in [0.1, 0.15) is 11.2 Å². The molecule has 0 saturated heterocycles. The molecule has 0 unspecified atom stereocenters. The smallest absolute Gasteiger partial charge is 0.268 e. The molecule has 0 bridgehead atoms. The summed E-state index contributed by atoms with van der Waals surface area (Å²) in [6, 6.07) is 6.02. The second-order valence-electron chi connectivity index (χ2n) is 3.65. The molecule has 2 rings (SSSR count). The van der Waals surface area contributed by atoms with E-state index in [1.165, 1.54) is 12.1 Å². The molecule has 0 aliphatic rings. The fourth-order valence-electron chi connectivity index (χ4n) is 1.35. The van der Waals surface area contributed by atoms with Crippen LogP contribution in [0.2, 0.25) is 0 Å². The van der Waals surface area contributed by atoms with Crippen LogP contribution in [0.25, 0.3) is 0 Å². The van der Waals surface area contributed by atoms with E-state index >= 15 is 0 Å². The molecular weight excluding hydrogens is 482 g/mol. The normalized spacial score (nSPS) is 11.3. The second kappa shape index (κ2) is 6.00. The van der Waals surface area contributed by atoms with E-state index in [2.05, 4.69) is 47.8 Å². The lowest BCUT2D eigenvalue weighted by molar-refractivity contribution is 0.0981. The number of furan rings is 1. The van der Waals surface area contributed by atoms with Crippen LogP contribution < -0.4 is 4.72 Å². The van der Waals surface area contributed by atoms with E-state index in [1.54, 1.807) is 12.1 Å². The van der Waals surface area contributed by atoms with E-state index in [-0.39, 0.29) is 10.5 Å². The monoisotopic (exact) mass is 485 g/mol. The first-order valence-corrected chi connectivity index (χ1v) is 8.92. The Morgan fingerprint density at radius 3 is 2.45 bits per heavy atom. The average molecular weight is 488 g/mol. The lowest BCUT2D eigenvalue weighted by Crippen LogP contribution is -2.30. The molecule has 0 saturated carbocycles. The molecule has 1 amide bonds. The van der Waals surface area contributed by atoms with E-state index in [9.17, 15) is 13.2 Å². The lowest BCUT2D eigenvalue weighted by Gasteiger charge is -2.08. The van der Waals surface area contributed by atoms with Crippen molar-refractivity contribution in [2.24, 2.45) is 0 Å². The summed E-state index contributed by atoms with van der Waals surface area (Å²) in [7, 11) is -3.98. The summed E-state index contributed by atoms with van der Waals surface area (Å²) in [4.78, 5) is 11.8. The Morgan fingerprint density at radius 2 is 1.85 bits per heavy atom. The second-order valence-corrected chi connectivity index (χ2v) is 7.85. The summed E-state index contributed by atoms with van der Waals surface area (Å²) < 4.78 is 32.5. The van der Waals surface area contributed by atoms with Crippen LogP contribution in [0, 0.1) is 0 Å². The number of nitrogens with one attached hydrogen (secondary N) is 1. The van der Waals surface area contributed by atoms with Crippen LogP contribution in [0.3, 0.4) is 0 Å². The first-order valence-electron chi connectivity index (χ1n) is 5.06. The minimum Gasteiger partial charge on any atom is -0.457 e. The highest BCUT2D eigenvalue weighted by atomic mass is 79.9. The average Bonchev–Trinajstić information content (AvgIpc) is 2.78. The molecule has 106 valence electrons. The van der Waals surface area contributed by atoms with Crippen molar-refractivity contribution in [3.63, 3.8) is 0 Å². The number of carbonyl (C=O) groups excluding carboxylic acids is 1. The lowest BCUT2D eigenvalue weighted by atomic mass is 10.3. The highest BCUT2D eigenvalue weighted by molar-refractivity contribution is 9.11. The Bertz CT molecular complexity index is 770. The van der Waals surface area contributed by atoms with Crippen LogP contribution in [0.1, 0.15) is 10.4 Å². The molecule has 1 heterocycles. The van der Waals surface area contributed by atoms with Crippen molar-refractivity contribution < 1.29 is 17.6 Å². The summed E-state index contributed by atoms with van der Waals surface area (Å²) in [5, 5.41) is 0. The van der Waals surface area contributed by atoms with Gasteiger partial charge in [0.2, 0.25) is 0 Å². The fourth-order valence-corrected chi connectivity index (χ4v) is 4.17. The highest BCUT2D eigenvalue weighted by Crippen LogP contribution is 2.25. The molecule has 0 spiro atoms. The molecule has 1 N–H and O–H groups in total. The van der Waals surface area contributed by atoms with Crippen molar-refractivity contribution in [1.82, 2.24) is 4.72 Å². The molecule has 1 aromatic heterocycles. The van der Waals surface area contributed by atoms with E-state index in [0.29, 0.717) is 13.6 Å². The van der Waals surface area contributed by atoms with Gasteiger partial charge in [-0.15, -0.1) is 0 Å². The van der Waals surface area contributed by atoms with Gasteiger partial charge < -0.3 is 4.42 Å². The highest BCUT2D eigenvalue weighted by Gasteiger charge is 2.22. The van der Waals surface area contributed by atoms with Gasteiger partial charge >= 0.3 is 0 Å². The van der Waals surface area contributed by atoms with Crippen LogP contribution in [0.5, 0.6) is 0 Å². The number of benzene rings is 1. The number of hydrogen-bond donors (Lipinski definition) is 1.